The van der Waals surface area contributed by atoms with Gasteiger partial charge in [0.2, 0.25) is 0 Å². The van der Waals surface area contributed by atoms with Crippen LogP contribution in [0.1, 0.15) is 6.42 Å². The molecule has 0 bridgehead atoms. The van der Waals surface area contributed by atoms with E-state index in [2.05, 4.69) is 4.74 Å². The largest absolute Gasteiger partial charge is 0.469 e. The molecule has 0 spiro atoms. The Morgan fingerprint density at radius 3 is 1.92 bits per heavy atom. The highest BCUT2D eigenvalue weighted by Crippen LogP contribution is 2.37. The SMILES string of the molecule is COC(=O)CC(F)(F)C(F)(F)F. The summed E-state index contributed by atoms with van der Waals surface area (Å²) in [6.45, 7) is 0. The van der Waals surface area contributed by atoms with Gasteiger partial charge in [-0.1, -0.05) is 0 Å². The van der Waals surface area contributed by atoms with E-state index in [0.717, 1.165) is 7.11 Å². The van der Waals surface area contributed by atoms with Gasteiger partial charge in [0.1, 0.15) is 6.42 Å². The van der Waals surface area contributed by atoms with Gasteiger partial charge in [0.25, 0.3) is 0 Å². The molecule has 0 radical (unpaired) electrons. The van der Waals surface area contributed by atoms with Gasteiger partial charge in [-0.3, -0.25) is 4.79 Å². The summed E-state index contributed by atoms with van der Waals surface area (Å²) in [6.07, 6.45) is -7.69. The van der Waals surface area contributed by atoms with Crippen LogP contribution in [0.3, 0.4) is 0 Å². The zero-order valence-electron chi connectivity index (χ0n) is 5.91. The summed E-state index contributed by atoms with van der Waals surface area (Å²) >= 11 is 0. The molecule has 72 valence electrons. The molecule has 0 fully saturated rings. The lowest BCUT2D eigenvalue weighted by atomic mass is 10.2. The number of carbonyl (C=O) groups is 1. The Bertz CT molecular complexity index is 173. The molecule has 0 aromatic rings. The zero-order chi connectivity index (χ0) is 9.99. The Kier molecular flexibility index (Phi) is 3.00. The first-order chi connectivity index (χ1) is 5.20. The van der Waals surface area contributed by atoms with Crippen LogP contribution in [0, 0.1) is 0 Å². The van der Waals surface area contributed by atoms with E-state index in [1.54, 1.807) is 0 Å². The van der Waals surface area contributed by atoms with Crippen molar-refractivity contribution in [3.63, 3.8) is 0 Å². The normalized spacial score (nSPS) is 12.8. The van der Waals surface area contributed by atoms with Gasteiger partial charge in [-0.2, -0.15) is 22.0 Å². The number of alkyl halides is 5. The number of rotatable bonds is 2. The average Bonchev–Trinajstić information content (AvgIpc) is 1.84. The van der Waals surface area contributed by atoms with E-state index < -0.39 is 24.5 Å². The third-order valence-corrected chi connectivity index (χ3v) is 1.01. The maximum atomic E-state index is 11.9. The summed E-state index contributed by atoms with van der Waals surface area (Å²) in [5, 5.41) is 0. The molecule has 0 amide bonds. The van der Waals surface area contributed by atoms with Gasteiger partial charge in [0.15, 0.2) is 0 Å². The van der Waals surface area contributed by atoms with Crippen LogP contribution in [-0.4, -0.2) is 25.2 Å². The summed E-state index contributed by atoms with van der Waals surface area (Å²) in [7, 11) is 0.731. The van der Waals surface area contributed by atoms with E-state index in [1.807, 2.05) is 0 Å². The van der Waals surface area contributed by atoms with Gasteiger partial charge < -0.3 is 4.74 Å². The lowest BCUT2D eigenvalue weighted by Gasteiger charge is -2.17. The van der Waals surface area contributed by atoms with Crippen LogP contribution >= 0.6 is 0 Å². The second-order valence-corrected chi connectivity index (χ2v) is 1.96. The first-order valence-corrected chi connectivity index (χ1v) is 2.72. The predicted octanol–water partition coefficient (Wildman–Crippen LogP) is 1.75. The maximum Gasteiger partial charge on any atom is 0.453 e. The number of hydrogen-bond donors (Lipinski definition) is 0. The Labute approximate surface area is 64.3 Å². The van der Waals surface area contributed by atoms with Crippen molar-refractivity contribution in [3.8, 4) is 0 Å². The third-order valence-electron chi connectivity index (χ3n) is 1.01. The van der Waals surface area contributed by atoms with Crippen molar-refractivity contribution in [3.05, 3.63) is 0 Å². The van der Waals surface area contributed by atoms with Gasteiger partial charge in [-0.05, 0) is 0 Å². The van der Waals surface area contributed by atoms with Crippen LogP contribution < -0.4 is 0 Å². The molecule has 2 nitrogen and oxygen atoms in total. The molecule has 0 rings (SSSR count). The molecule has 0 aliphatic heterocycles. The van der Waals surface area contributed by atoms with Crippen molar-refractivity contribution < 1.29 is 31.5 Å². The summed E-state index contributed by atoms with van der Waals surface area (Å²) in [5.74, 6) is -6.61. The molecule has 0 aromatic carbocycles. The molecule has 12 heavy (non-hydrogen) atoms. The zero-order valence-corrected chi connectivity index (χ0v) is 5.91. The second kappa shape index (κ2) is 3.24. The average molecular weight is 192 g/mol. The van der Waals surface area contributed by atoms with E-state index in [0.29, 0.717) is 0 Å². The number of ether oxygens (including phenoxy) is 1. The highest BCUT2D eigenvalue weighted by molar-refractivity contribution is 5.70. The molecule has 0 saturated carbocycles. The van der Waals surface area contributed by atoms with Gasteiger partial charge in [-0.25, -0.2) is 0 Å². The molecular formula is C5H5F5O2. The highest BCUT2D eigenvalue weighted by atomic mass is 19.4. The van der Waals surface area contributed by atoms with Crippen LogP contribution in [0.25, 0.3) is 0 Å². The van der Waals surface area contributed by atoms with E-state index in [1.165, 1.54) is 0 Å². The monoisotopic (exact) mass is 192 g/mol. The van der Waals surface area contributed by atoms with Crippen molar-refractivity contribution in [2.75, 3.05) is 7.11 Å². The Morgan fingerprint density at radius 1 is 1.25 bits per heavy atom. The van der Waals surface area contributed by atoms with Crippen molar-refractivity contribution in [2.45, 2.75) is 18.5 Å². The quantitative estimate of drug-likeness (QED) is 0.492. The van der Waals surface area contributed by atoms with Crippen LogP contribution in [0.5, 0.6) is 0 Å². The molecule has 7 heteroatoms. The number of methoxy groups -OCH3 is 1. The molecule has 0 aliphatic carbocycles. The molecule has 0 aromatic heterocycles. The standard InChI is InChI=1S/C5H5F5O2/c1-12-3(11)2-4(6,7)5(8,9)10/h2H2,1H3. The Hall–Kier alpha value is -0.880. The lowest BCUT2D eigenvalue weighted by Crippen LogP contribution is -2.38. The summed E-state index contributed by atoms with van der Waals surface area (Å²) in [5.41, 5.74) is 0. The second-order valence-electron chi connectivity index (χ2n) is 1.96. The molecule has 0 heterocycles. The van der Waals surface area contributed by atoms with Gasteiger partial charge in [0, 0.05) is 0 Å². The van der Waals surface area contributed by atoms with Crippen molar-refractivity contribution in [1.82, 2.24) is 0 Å². The first kappa shape index (κ1) is 11.1. The number of halogens is 5. The van der Waals surface area contributed by atoms with E-state index in [4.69, 9.17) is 0 Å². The minimum atomic E-state index is -5.71. The van der Waals surface area contributed by atoms with Gasteiger partial charge in [0.05, 0.1) is 7.11 Å². The Balaban J connectivity index is 4.33. The van der Waals surface area contributed by atoms with Crippen molar-refractivity contribution in [1.29, 1.82) is 0 Å². The smallest absolute Gasteiger partial charge is 0.453 e. The fourth-order valence-electron chi connectivity index (χ4n) is 0.354. The van der Waals surface area contributed by atoms with E-state index in [-0.39, 0.29) is 0 Å². The maximum absolute atomic E-state index is 11.9. The van der Waals surface area contributed by atoms with Crippen molar-refractivity contribution >= 4 is 5.97 Å². The van der Waals surface area contributed by atoms with E-state index >= 15 is 0 Å². The van der Waals surface area contributed by atoms with Crippen LogP contribution in [0.15, 0.2) is 0 Å². The minimum Gasteiger partial charge on any atom is -0.469 e. The molecule has 0 unspecified atom stereocenters. The number of carbonyl (C=O) groups excluding carboxylic acids is 1. The van der Waals surface area contributed by atoms with Gasteiger partial charge in [-0.15, -0.1) is 0 Å². The van der Waals surface area contributed by atoms with Crippen LogP contribution in [0.2, 0.25) is 0 Å². The first-order valence-electron chi connectivity index (χ1n) is 2.72. The third kappa shape index (κ3) is 2.63. The molecule has 0 atom stereocenters. The van der Waals surface area contributed by atoms with Crippen LogP contribution in [-0.2, 0) is 9.53 Å². The summed E-state index contributed by atoms with van der Waals surface area (Å²) in [4.78, 5) is 10.1. The minimum absolute atomic E-state index is 0.731. The lowest BCUT2D eigenvalue weighted by molar-refractivity contribution is -0.283. The molecule has 0 N–H and O–H groups in total. The Morgan fingerprint density at radius 2 is 1.67 bits per heavy atom. The fraction of sp³-hybridized carbons (Fsp3) is 0.800. The molecular weight excluding hydrogens is 187 g/mol. The summed E-state index contributed by atoms with van der Waals surface area (Å²) in [6, 6.07) is 0. The fourth-order valence-corrected chi connectivity index (χ4v) is 0.354. The number of esters is 1. The predicted molar refractivity (Wildman–Crippen MR) is 27.6 cm³/mol. The molecule has 0 aliphatic rings. The van der Waals surface area contributed by atoms with Crippen LogP contribution in [0.4, 0.5) is 22.0 Å². The topological polar surface area (TPSA) is 26.3 Å². The highest BCUT2D eigenvalue weighted by Gasteiger charge is 2.58. The molecule has 0 saturated heterocycles. The van der Waals surface area contributed by atoms with Crippen molar-refractivity contribution in [2.24, 2.45) is 0 Å². The summed E-state index contributed by atoms with van der Waals surface area (Å²) < 4.78 is 61.7. The number of hydrogen-bond acceptors (Lipinski definition) is 2. The van der Waals surface area contributed by atoms with Gasteiger partial charge >= 0.3 is 18.1 Å². The van der Waals surface area contributed by atoms with E-state index in [9.17, 15) is 26.7 Å².